The molecule has 2 rings (SSSR count). The van der Waals surface area contributed by atoms with Gasteiger partial charge in [0, 0.05) is 22.3 Å². The van der Waals surface area contributed by atoms with Crippen molar-refractivity contribution in [1.29, 1.82) is 0 Å². The molecule has 0 amide bonds. The van der Waals surface area contributed by atoms with E-state index in [4.69, 9.17) is 23.2 Å². The smallest absolute Gasteiger partial charge is 0.306 e. The third kappa shape index (κ3) is 4.59. The summed E-state index contributed by atoms with van der Waals surface area (Å²) in [5.41, 5.74) is 0.565. The second-order valence-corrected chi connectivity index (χ2v) is 5.24. The molecule has 0 radical (unpaired) electrons. The normalized spacial score (nSPS) is 12.1. The Kier molecular flexibility index (Phi) is 5.00. The Hall–Kier alpha value is -1.83. The predicted molar refractivity (Wildman–Crippen MR) is 79.8 cm³/mol. The number of benzene rings is 1. The molecule has 1 unspecified atom stereocenters. The van der Waals surface area contributed by atoms with Crippen molar-refractivity contribution >= 4 is 34.6 Å². The Balaban J connectivity index is 1.89. The highest BCUT2D eigenvalue weighted by molar-refractivity contribution is 6.35. The van der Waals surface area contributed by atoms with Gasteiger partial charge in [0.25, 0.3) is 0 Å². The number of nitrogens with zero attached hydrogens (tertiary/aromatic N) is 3. The van der Waals surface area contributed by atoms with E-state index in [0.29, 0.717) is 15.7 Å². The number of hydrogen-bond donors (Lipinski definition) is 2. The Labute approximate surface area is 130 Å². The van der Waals surface area contributed by atoms with Gasteiger partial charge in [-0.1, -0.05) is 23.2 Å². The minimum atomic E-state index is -0.776. The van der Waals surface area contributed by atoms with Crippen molar-refractivity contribution in [2.75, 3.05) is 11.9 Å². The lowest BCUT2D eigenvalue weighted by molar-refractivity contribution is -0.385. The molecule has 0 spiro atoms. The van der Waals surface area contributed by atoms with Gasteiger partial charge in [0.15, 0.2) is 0 Å². The van der Waals surface area contributed by atoms with Crippen LogP contribution in [-0.4, -0.2) is 32.5 Å². The van der Waals surface area contributed by atoms with E-state index in [2.05, 4.69) is 10.4 Å². The average Bonchev–Trinajstić information content (AvgIpc) is 2.84. The Morgan fingerprint density at radius 2 is 2.05 bits per heavy atom. The van der Waals surface area contributed by atoms with Gasteiger partial charge in [-0.15, -0.1) is 0 Å². The SMILES string of the molecule is O=[N+]([O-])c1cnn(CC(O)CNc2cc(Cl)cc(Cl)c2)c1. The van der Waals surface area contributed by atoms with Crippen LogP contribution in [0.5, 0.6) is 0 Å². The first-order valence-corrected chi connectivity index (χ1v) is 6.74. The Bertz CT molecular complexity index is 627. The molecule has 21 heavy (non-hydrogen) atoms. The molecule has 2 aromatic rings. The monoisotopic (exact) mass is 330 g/mol. The van der Waals surface area contributed by atoms with Crippen LogP contribution in [0.4, 0.5) is 11.4 Å². The molecule has 9 heteroatoms. The maximum absolute atomic E-state index is 10.5. The van der Waals surface area contributed by atoms with Gasteiger partial charge in [-0.3, -0.25) is 14.8 Å². The lowest BCUT2D eigenvalue weighted by Crippen LogP contribution is -2.25. The molecule has 1 atom stereocenters. The van der Waals surface area contributed by atoms with Crippen molar-refractivity contribution in [3.63, 3.8) is 0 Å². The molecule has 1 aromatic heterocycles. The van der Waals surface area contributed by atoms with Gasteiger partial charge >= 0.3 is 5.69 Å². The molecule has 0 bridgehead atoms. The van der Waals surface area contributed by atoms with Gasteiger partial charge in [-0.05, 0) is 18.2 Å². The van der Waals surface area contributed by atoms with Crippen molar-refractivity contribution in [1.82, 2.24) is 9.78 Å². The van der Waals surface area contributed by atoms with Crippen LogP contribution in [0.3, 0.4) is 0 Å². The maximum Gasteiger partial charge on any atom is 0.306 e. The second kappa shape index (κ2) is 6.75. The Morgan fingerprint density at radius 3 is 2.62 bits per heavy atom. The summed E-state index contributed by atoms with van der Waals surface area (Å²) in [6.45, 7) is 0.361. The second-order valence-electron chi connectivity index (χ2n) is 4.37. The van der Waals surface area contributed by atoms with E-state index in [1.165, 1.54) is 10.9 Å². The van der Waals surface area contributed by atoms with Gasteiger partial charge < -0.3 is 10.4 Å². The fourth-order valence-electron chi connectivity index (χ4n) is 1.72. The summed E-state index contributed by atoms with van der Waals surface area (Å²) >= 11 is 11.7. The fourth-order valence-corrected chi connectivity index (χ4v) is 2.24. The minimum Gasteiger partial charge on any atom is -0.389 e. The van der Waals surface area contributed by atoms with Gasteiger partial charge in [-0.25, -0.2) is 0 Å². The Morgan fingerprint density at radius 1 is 1.38 bits per heavy atom. The lowest BCUT2D eigenvalue weighted by atomic mass is 10.3. The highest BCUT2D eigenvalue weighted by Gasteiger charge is 2.12. The van der Waals surface area contributed by atoms with Crippen molar-refractivity contribution in [2.24, 2.45) is 0 Å². The standard InChI is InChI=1S/C12H12Cl2N4O3/c13-8-1-9(14)3-10(2-8)15-5-12(19)7-17-6-11(4-16-17)18(20)21/h1-4,6,12,15,19H,5,7H2. The summed E-state index contributed by atoms with van der Waals surface area (Å²) in [5.74, 6) is 0. The first kappa shape index (κ1) is 15.6. The van der Waals surface area contributed by atoms with E-state index < -0.39 is 11.0 Å². The van der Waals surface area contributed by atoms with Crippen molar-refractivity contribution < 1.29 is 10.0 Å². The molecule has 0 aliphatic carbocycles. The van der Waals surface area contributed by atoms with Crippen LogP contribution in [0, 0.1) is 10.1 Å². The summed E-state index contributed by atoms with van der Waals surface area (Å²) in [5, 5.41) is 28.2. The third-order valence-electron chi connectivity index (χ3n) is 2.63. The van der Waals surface area contributed by atoms with E-state index in [1.54, 1.807) is 18.2 Å². The summed E-state index contributed by atoms with van der Waals surface area (Å²) in [6, 6.07) is 4.96. The minimum absolute atomic E-state index is 0.114. The molecule has 0 fully saturated rings. The number of hydrogen-bond acceptors (Lipinski definition) is 5. The lowest BCUT2D eigenvalue weighted by Gasteiger charge is -2.13. The molecule has 1 heterocycles. The largest absolute Gasteiger partial charge is 0.389 e. The molecular formula is C12H12Cl2N4O3. The van der Waals surface area contributed by atoms with Crippen LogP contribution in [0.2, 0.25) is 10.0 Å². The zero-order valence-corrected chi connectivity index (χ0v) is 12.3. The van der Waals surface area contributed by atoms with Gasteiger partial charge in [0.1, 0.15) is 12.4 Å². The van der Waals surface area contributed by atoms with Crippen LogP contribution in [0.15, 0.2) is 30.6 Å². The predicted octanol–water partition coefficient (Wildman–Crippen LogP) is 2.57. The van der Waals surface area contributed by atoms with E-state index >= 15 is 0 Å². The summed E-state index contributed by atoms with van der Waals surface area (Å²) in [6.07, 6.45) is 1.62. The number of aliphatic hydroxyl groups is 1. The molecule has 1 aromatic carbocycles. The van der Waals surface area contributed by atoms with E-state index in [9.17, 15) is 15.2 Å². The van der Waals surface area contributed by atoms with Crippen molar-refractivity contribution in [3.8, 4) is 0 Å². The molecule has 0 saturated carbocycles. The van der Waals surface area contributed by atoms with Gasteiger partial charge in [0.2, 0.25) is 0 Å². The van der Waals surface area contributed by atoms with Gasteiger partial charge in [-0.2, -0.15) is 5.10 Å². The molecule has 112 valence electrons. The van der Waals surface area contributed by atoms with E-state index in [-0.39, 0.29) is 18.8 Å². The van der Waals surface area contributed by atoms with Crippen LogP contribution in [0.25, 0.3) is 0 Å². The number of anilines is 1. The number of aliphatic hydroxyl groups excluding tert-OH is 1. The maximum atomic E-state index is 10.5. The van der Waals surface area contributed by atoms with Crippen LogP contribution in [0.1, 0.15) is 0 Å². The number of aromatic nitrogens is 2. The van der Waals surface area contributed by atoms with E-state index in [0.717, 1.165) is 6.20 Å². The van der Waals surface area contributed by atoms with Crippen molar-refractivity contribution in [3.05, 3.63) is 50.8 Å². The summed E-state index contributed by atoms with van der Waals surface area (Å²) in [7, 11) is 0. The highest BCUT2D eigenvalue weighted by atomic mass is 35.5. The van der Waals surface area contributed by atoms with Crippen LogP contribution < -0.4 is 5.32 Å². The first-order chi connectivity index (χ1) is 9.94. The van der Waals surface area contributed by atoms with Gasteiger partial charge in [0.05, 0.1) is 17.6 Å². The molecule has 0 saturated heterocycles. The third-order valence-corrected chi connectivity index (χ3v) is 3.07. The van der Waals surface area contributed by atoms with E-state index in [1.807, 2.05) is 0 Å². The number of halogens is 2. The molecular weight excluding hydrogens is 319 g/mol. The topological polar surface area (TPSA) is 93.2 Å². The zero-order valence-electron chi connectivity index (χ0n) is 10.7. The number of rotatable bonds is 6. The zero-order chi connectivity index (χ0) is 15.4. The molecule has 0 aliphatic heterocycles. The van der Waals surface area contributed by atoms with Crippen molar-refractivity contribution in [2.45, 2.75) is 12.6 Å². The highest BCUT2D eigenvalue weighted by Crippen LogP contribution is 2.22. The average molecular weight is 331 g/mol. The molecule has 0 aliphatic rings. The summed E-state index contributed by atoms with van der Waals surface area (Å²) in [4.78, 5) is 9.99. The van der Waals surface area contributed by atoms with Crippen LogP contribution in [-0.2, 0) is 6.54 Å². The van der Waals surface area contributed by atoms with Crippen LogP contribution >= 0.6 is 23.2 Å². The molecule has 2 N–H and O–H groups in total. The number of nitro groups is 1. The number of nitrogens with one attached hydrogen (secondary N) is 1. The molecule has 7 nitrogen and oxygen atoms in total. The fraction of sp³-hybridized carbons (Fsp3) is 0.250. The summed E-state index contributed by atoms with van der Waals surface area (Å²) < 4.78 is 1.31. The quantitative estimate of drug-likeness (QED) is 0.627. The first-order valence-electron chi connectivity index (χ1n) is 5.99.